The Kier molecular flexibility index (Phi) is 6.89. The van der Waals surface area contributed by atoms with Crippen LogP contribution in [0.1, 0.15) is 5.56 Å². The molecule has 2 amide bonds. The van der Waals surface area contributed by atoms with Crippen molar-refractivity contribution in [3.63, 3.8) is 0 Å². The van der Waals surface area contributed by atoms with Gasteiger partial charge in [-0.25, -0.2) is 4.79 Å². The molecule has 2 aromatic carbocycles. The van der Waals surface area contributed by atoms with Crippen LogP contribution < -0.4 is 20.1 Å². The molecule has 0 saturated carbocycles. The van der Waals surface area contributed by atoms with Gasteiger partial charge in [-0.2, -0.15) is 5.10 Å². The van der Waals surface area contributed by atoms with Crippen LogP contribution in [0.25, 0.3) is 0 Å². The molecule has 0 aliphatic carbocycles. The molecule has 0 saturated heterocycles. The van der Waals surface area contributed by atoms with E-state index < -0.39 is 0 Å². The first-order chi connectivity index (χ1) is 13.7. The molecule has 0 atom stereocenters. The maximum Gasteiger partial charge on any atom is 0.319 e. The predicted octanol–water partition coefficient (Wildman–Crippen LogP) is 3.33. The number of ether oxygens (including phenoxy) is 2. The van der Waals surface area contributed by atoms with E-state index in [1.165, 1.54) is 0 Å². The lowest BCUT2D eigenvalue weighted by atomic mass is 10.1. The SMILES string of the molecule is COc1ccc(CCNC(=O)Nc2cccc(OCCn3cccn3)c2)cc1. The average molecular weight is 380 g/mol. The fraction of sp³-hybridized carbons (Fsp3) is 0.238. The maximum atomic E-state index is 12.1. The Bertz CT molecular complexity index is 864. The number of hydrogen-bond acceptors (Lipinski definition) is 4. The number of methoxy groups -OCH3 is 1. The highest BCUT2D eigenvalue weighted by molar-refractivity contribution is 5.89. The van der Waals surface area contributed by atoms with Crippen LogP contribution in [0, 0.1) is 0 Å². The molecule has 1 heterocycles. The zero-order valence-corrected chi connectivity index (χ0v) is 15.8. The van der Waals surface area contributed by atoms with E-state index in [9.17, 15) is 4.79 Å². The normalized spacial score (nSPS) is 10.3. The number of hydrogen-bond donors (Lipinski definition) is 2. The van der Waals surface area contributed by atoms with Crippen molar-refractivity contribution < 1.29 is 14.3 Å². The Morgan fingerprint density at radius 2 is 1.96 bits per heavy atom. The lowest BCUT2D eigenvalue weighted by Crippen LogP contribution is -2.30. The number of nitrogens with one attached hydrogen (secondary N) is 2. The van der Waals surface area contributed by atoms with Crippen LogP contribution in [-0.4, -0.2) is 36.1 Å². The zero-order chi connectivity index (χ0) is 19.6. The molecular formula is C21H24N4O3. The number of aromatic nitrogens is 2. The van der Waals surface area contributed by atoms with E-state index >= 15 is 0 Å². The summed E-state index contributed by atoms with van der Waals surface area (Å²) in [7, 11) is 1.64. The second-order valence-electron chi connectivity index (χ2n) is 6.12. The van der Waals surface area contributed by atoms with Crippen molar-refractivity contribution in [3.05, 3.63) is 72.6 Å². The molecule has 0 aliphatic heterocycles. The van der Waals surface area contributed by atoms with E-state index in [0.717, 1.165) is 17.7 Å². The van der Waals surface area contributed by atoms with Crippen LogP contribution in [0.15, 0.2) is 67.0 Å². The lowest BCUT2D eigenvalue weighted by Gasteiger charge is -2.10. The molecule has 28 heavy (non-hydrogen) atoms. The molecule has 0 radical (unpaired) electrons. The van der Waals surface area contributed by atoms with Crippen molar-refractivity contribution in [2.24, 2.45) is 0 Å². The first-order valence-corrected chi connectivity index (χ1v) is 9.11. The monoisotopic (exact) mass is 380 g/mol. The molecular weight excluding hydrogens is 356 g/mol. The molecule has 2 N–H and O–H groups in total. The number of nitrogens with zero attached hydrogens (tertiary/aromatic N) is 2. The van der Waals surface area contributed by atoms with Crippen LogP contribution >= 0.6 is 0 Å². The summed E-state index contributed by atoms with van der Waals surface area (Å²) in [5.74, 6) is 1.52. The van der Waals surface area contributed by atoms with Crippen molar-refractivity contribution in [2.45, 2.75) is 13.0 Å². The van der Waals surface area contributed by atoms with Gasteiger partial charge >= 0.3 is 6.03 Å². The van der Waals surface area contributed by atoms with Crippen molar-refractivity contribution in [3.8, 4) is 11.5 Å². The van der Waals surface area contributed by atoms with Gasteiger partial charge in [0.25, 0.3) is 0 Å². The minimum Gasteiger partial charge on any atom is -0.497 e. The van der Waals surface area contributed by atoms with E-state index in [2.05, 4.69) is 15.7 Å². The van der Waals surface area contributed by atoms with Crippen molar-refractivity contribution in [2.75, 3.05) is 25.6 Å². The number of carbonyl (C=O) groups is 1. The first-order valence-electron chi connectivity index (χ1n) is 9.11. The molecule has 0 bridgehead atoms. The largest absolute Gasteiger partial charge is 0.497 e. The quantitative estimate of drug-likeness (QED) is 0.597. The summed E-state index contributed by atoms with van der Waals surface area (Å²) in [6, 6.07) is 16.7. The van der Waals surface area contributed by atoms with Gasteiger partial charge < -0.3 is 20.1 Å². The third-order valence-electron chi connectivity index (χ3n) is 4.10. The Balaban J connectivity index is 1.40. The number of urea groups is 1. The zero-order valence-electron chi connectivity index (χ0n) is 15.8. The molecule has 0 unspecified atom stereocenters. The summed E-state index contributed by atoms with van der Waals surface area (Å²) in [5, 5.41) is 9.81. The number of rotatable bonds is 9. The predicted molar refractivity (Wildman–Crippen MR) is 108 cm³/mol. The van der Waals surface area contributed by atoms with Crippen LogP contribution in [0.2, 0.25) is 0 Å². The molecule has 3 aromatic rings. The van der Waals surface area contributed by atoms with E-state index in [-0.39, 0.29) is 6.03 Å². The highest BCUT2D eigenvalue weighted by atomic mass is 16.5. The second kappa shape index (κ2) is 10.0. The van der Waals surface area contributed by atoms with Crippen LogP contribution in [0.3, 0.4) is 0 Å². The topological polar surface area (TPSA) is 77.4 Å². The maximum absolute atomic E-state index is 12.1. The van der Waals surface area contributed by atoms with Gasteiger partial charge in [0, 0.05) is 30.7 Å². The molecule has 146 valence electrons. The third-order valence-corrected chi connectivity index (χ3v) is 4.10. The Morgan fingerprint density at radius 3 is 2.71 bits per heavy atom. The third kappa shape index (κ3) is 6.05. The van der Waals surface area contributed by atoms with Gasteiger partial charge in [-0.15, -0.1) is 0 Å². The van der Waals surface area contributed by atoms with Crippen LogP contribution in [0.4, 0.5) is 10.5 Å². The first kappa shape index (κ1) is 19.3. The Morgan fingerprint density at radius 1 is 1.11 bits per heavy atom. The van der Waals surface area contributed by atoms with E-state index in [1.807, 2.05) is 54.7 Å². The molecule has 7 heteroatoms. The molecule has 0 fully saturated rings. The van der Waals surface area contributed by atoms with Gasteiger partial charge in [-0.05, 0) is 42.3 Å². The highest BCUT2D eigenvalue weighted by Gasteiger charge is 2.03. The summed E-state index contributed by atoms with van der Waals surface area (Å²) in [6.07, 6.45) is 4.36. The van der Waals surface area contributed by atoms with Gasteiger partial charge in [-0.1, -0.05) is 18.2 Å². The minimum atomic E-state index is -0.248. The lowest BCUT2D eigenvalue weighted by molar-refractivity contribution is 0.252. The summed E-state index contributed by atoms with van der Waals surface area (Å²) in [6.45, 7) is 1.70. The van der Waals surface area contributed by atoms with Gasteiger partial charge in [0.2, 0.25) is 0 Å². The molecule has 0 aliphatic rings. The molecule has 3 rings (SSSR count). The van der Waals surface area contributed by atoms with Gasteiger partial charge in [0.15, 0.2) is 0 Å². The summed E-state index contributed by atoms with van der Waals surface area (Å²) < 4.78 is 12.7. The number of carbonyl (C=O) groups excluding carboxylic acids is 1. The van der Waals surface area contributed by atoms with Crippen molar-refractivity contribution in [1.82, 2.24) is 15.1 Å². The number of amides is 2. The highest BCUT2D eigenvalue weighted by Crippen LogP contribution is 2.17. The molecule has 7 nitrogen and oxygen atoms in total. The van der Waals surface area contributed by atoms with E-state index in [1.54, 1.807) is 24.1 Å². The van der Waals surface area contributed by atoms with Gasteiger partial charge in [-0.3, -0.25) is 4.68 Å². The standard InChI is InChI=1S/C21H24N4O3/c1-27-19-8-6-17(7-9-19)10-12-22-21(26)24-18-4-2-5-20(16-18)28-15-14-25-13-3-11-23-25/h2-9,11,13,16H,10,12,14-15H2,1H3,(H2,22,24,26). The van der Waals surface area contributed by atoms with Crippen molar-refractivity contribution >= 4 is 11.7 Å². The fourth-order valence-corrected chi connectivity index (χ4v) is 2.64. The number of benzene rings is 2. The summed E-state index contributed by atoms with van der Waals surface area (Å²) >= 11 is 0. The van der Waals surface area contributed by atoms with E-state index in [0.29, 0.717) is 31.1 Å². The second-order valence-corrected chi connectivity index (χ2v) is 6.12. The van der Waals surface area contributed by atoms with Crippen LogP contribution in [0.5, 0.6) is 11.5 Å². The summed E-state index contributed by atoms with van der Waals surface area (Å²) in [5.41, 5.74) is 1.81. The van der Waals surface area contributed by atoms with Gasteiger partial charge in [0.1, 0.15) is 18.1 Å². The molecule has 0 spiro atoms. The van der Waals surface area contributed by atoms with Crippen LogP contribution in [-0.2, 0) is 13.0 Å². The van der Waals surface area contributed by atoms with Gasteiger partial charge in [0.05, 0.1) is 13.7 Å². The average Bonchev–Trinajstić information content (AvgIpc) is 3.22. The number of anilines is 1. The van der Waals surface area contributed by atoms with Crippen molar-refractivity contribution in [1.29, 1.82) is 0 Å². The Hall–Kier alpha value is -3.48. The minimum absolute atomic E-state index is 0.248. The summed E-state index contributed by atoms with van der Waals surface area (Å²) in [4.78, 5) is 12.1. The van der Waals surface area contributed by atoms with E-state index in [4.69, 9.17) is 9.47 Å². The smallest absolute Gasteiger partial charge is 0.319 e. The fourth-order valence-electron chi connectivity index (χ4n) is 2.64. The molecule has 1 aromatic heterocycles. The Labute approximate surface area is 164 Å².